The molecule has 0 bridgehead atoms. The highest BCUT2D eigenvalue weighted by Gasteiger charge is 2.41. The van der Waals surface area contributed by atoms with Gasteiger partial charge >= 0.3 is 29.2 Å². The van der Waals surface area contributed by atoms with E-state index in [1.54, 1.807) is 0 Å². The third-order valence-corrected chi connectivity index (χ3v) is 6.16. The summed E-state index contributed by atoms with van der Waals surface area (Å²) in [5, 5.41) is 1.54. The molecule has 1 N–H and O–H groups in total. The van der Waals surface area contributed by atoms with Crippen LogP contribution < -0.4 is 11.1 Å². The quantitative estimate of drug-likeness (QED) is 0.173. The minimum atomic E-state index is -1.34. The van der Waals surface area contributed by atoms with Gasteiger partial charge in [-0.2, -0.15) is 0 Å². The van der Waals surface area contributed by atoms with Crippen molar-refractivity contribution in [3.8, 4) is 0 Å². The Morgan fingerprint density at radius 1 is 1.11 bits per heavy atom. The van der Waals surface area contributed by atoms with Gasteiger partial charge in [0.25, 0.3) is 0 Å². The Morgan fingerprint density at radius 2 is 1.81 bits per heavy atom. The molecule has 15 heteroatoms. The number of esters is 2. The average Bonchev–Trinajstić information content (AvgIpc) is 3.15. The molecule has 1 aromatic rings. The first-order valence-electron chi connectivity index (χ1n) is 11.5. The smallest absolute Gasteiger partial charge is 0.464 e. The maximum absolute atomic E-state index is 12.9. The average molecular weight is 551 g/mol. The summed E-state index contributed by atoms with van der Waals surface area (Å²) in [7, 11) is 0. The van der Waals surface area contributed by atoms with Crippen LogP contribution in [-0.4, -0.2) is 85.3 Å². The van der Waals surface area contributed by atoms with Crippen molar-refractivity contribution < 1.29 is 53.1 Å². The number of nitrogens with one attached hydrogen (secondary N) is 1. The van der Waals surface area contributed by atoms with E-state index in [1.165, 1.54) is 20.8 Å². The van der Waals surface area contributed by atoms with Gasteiger partial charge in [0.05, 0.1) is 24.6 Å². The summed E-state index contributed by atoms with van der Waals surface area (Å²) >= 11 is 0.613. The lowest BCUT2D eigenvalue weighted by Gasteiger charge is -2.31. The van der Waals surface area contributed by atoms with Crippen LogP contribution in [0, 0.1) is 6.92 Å². The fraction of sp³-hybridized carbons (Fsp3) is 0.682. The summed E-state index contributed by atoms with van der Waals surface area (Å²) in [6.45, 7) is 8.29. The Bertz CT molecular complexity index is 989. The SMILES string of the molecule is CC(=O)OCOC(=O)N[C@@H](C(=O)OCCCN1CCOCC1)C(C)(C)SC(=O)OCc1oc(=O)oc1C.[HH]. The van der Waals surface area contributed by atoms with E-state index in [2.05, 4.69) is 15.0 Å². The molecule has 1 aromatic heterocycles. The molecule has 210 valence electrons. The molecule has 0 aliphatic carbocycles. The maximum atomic E-state index is 12.9. The third kappa shape index (κ3) is 10.9. The number of aryl methyl sites for hydroxylation is 1. The molecule has 1 amide bonds. The van der Waals surface area contributed by atoms with Gasteiger partial charge in [0.1, 0.15) is 6.04 Å². The van der Waals surface area contributed by atoms with E-state index in [1.807, 2.05) is 0 Å². The number of ether oxygens (including phenoxy) is 5. The number of nitrogens with zero attached hydrogens (tertiary/aromatic N) is 1. The number of thioether (sulfide) groups is 1. The summed E-state index contributed by atoms with van der Waals surface area (Å²) < 4.78 is 33.3. The molecule has 1 aliphatic rings. The van der Waals surface area contributed by atoms with Crippen LogP contribution in [0.15, 0.2) is 13.6 Å². The second-order valence-electron chi connectivity index (χ2n) is 8.42. The number of hydrogen-bond acceptors (Lipinski definition) is 14. The zero-order valence-electron chi connectivity index (χ0n) is 21.2. The Labute approximate surface area is 218 Å². The van der Waals surface area contributed by atoms with Crippen molar-refractivity contribution in [2.24, 2.45) is 0 Å². The summed E-state index contributed by atoms with van der Waals surface area (Å²) in [4.78, 5) is 61.8. The number of carbonyl (C=O) groups is 4. The molecule has 0 aromatic carbocycles. The highest BCUT2D eigenvalue weighted by atomic mass is 32.2. The van der Waals surface area contributed by atoms with Gasteiger partial charge in [-0.05, 0) is 39.0 Å². The molecule has 1 atom stereocenters. The van der Waals surface area contributed by atoms with Crippen molar-refractivity contribution in [3.05, 3.63) is 22.1 Å². The minimum Gasteiger partial charge on any atom is -0.464 e. The molecule has 2 heterocycles. The monoisotopic (exact) mass is 550 g/mol. The van der Waals surface area contributed by atoms with Gasteiger partial charge < -0.3 is 37.8 Å². The fourth-order valence-electron chi connectivity index (χ4n) is 3.14. The predicted octanol–water partition coefficient (Wildman–Crippen LogP) is 1.82. The fourth-order valence-corrected chi connectivity index (χ4v) is 3.97. The highest BCUT2D eigenvalue weighted by molar-refractivity contribution is 8.14. The largest absolute Gasteiger partial charge is 0.519 e. The van der Waals surface area contributed by atoms with E-state index in [4.69, 9.17) is 27.8 Å². The normalized spacial score (nSPS) is 14.9. The summed E-state index contributed by atoms with van der Waals surface area (Å²) in [5.74, 6) is -2.18. The van der Waals surface area contributed by atoms with E-state index >= 15 is 0 Å². The van der Waals surface area contributed by atoms with Crippen LogP contribution in [0.3, 0.4) is 0 Å². The number of rotatable bonds is 12. The van der Waals surface area contributed by atoms with Crippen LogP contribution in [-0.2, 0) is 39.9 Å². The molecule has 0 spiro atoms. The van der Waals surface area contributed by atoms with E-state index in [0.29, 0.717) is 37.9 Å². The van der Waals surface area contributed by atoms with Crippen molar-refractivity contribution in [2.75, 3.05) is 46.2 Å². The number of hydrogen-bond donors (Lipinski definition) is 1. The molecule has 2 rings (SSSR count). The van der Waals surface area contributed by atoms with Crippen LogP contribution >= 0.6 is 11.8 Å². The van der Waals surface area contributed by atoms with Crippen molar-refractivity contribution in [1.29, 1.82) is 0 Å². The van der Waals surface area contributed by atoms with Crippen molar-refractivity contribution in [1.82, 2.24) is 10.2 Å². The molecular weight excluding hydrogens is 516 g/mol. The lowest BCUT2D eigenvalue weighted by atomic mass is 10.0. The van der Waals surface area contributed by atoms with Crippen LogP contribution in [0.5, 0.6) is 0 Å². The van der Waals surface area contributed by atoms with Crippen molar-refractivity contribution in [3.63, 3.8) is 0 Å². The molecule has 0 radical (unpaired) electrons. The molecule has 0 saturated carbocycles. The van der Waals surface area contributed by atoms with Gasteiger partial charge in [0.15, 0.2) is 18.1 Å². The van der Waals surface area contributed by atoms with Gasteiger partial charge in [-0.3, -0.25) is 9.69 Å². The molecule has 37 heavy (non-hydrogen) atoms. The summed E-state index contributed by atoms with van der Waals surface area (Å²) in [6.07, 6.45) is -0.505. The van der Waals surface area contributed by atoms with E-state index in [-0.39, 0.29) is 26.2 Å². The van der Waals surface area contributed by atoms with Crippen LogP contribution in [0.2, 0.25) is 0 Å². The lowest BCUT2D eigenvalue weighted by molar-refractivity contribution is -0.151. The van der Waals surface area contributed by atoms with Crippen molar-refractivity contribution in [2.45, 2.75) is 51.5 Å². The zero-order valence-corrected chi connectivity index (χ0v) is 22.0. The Morgan fingerprint density at radius 3 is 2.43 bits per heavy atom. The third-order valence-electron chi connectivity index (χ3n) is 5.12. The number of morpholine rings is 1. The minimum absolute atomic E-state index is 0. The lowest BCUT2D eigenvalue weighted by Crippen LogP contribution is -2.54. The molecule has 1 saturated heterocycles. The van der Waals surface area contributed by atoms with Gasteiger partial charge in [0, 0.05) is 28.0 Å². The van der Waals surface area contributed by atoms with Gasteiger partial charge in [-0.15, -0.1) is 0 Å². The highest BCUT2D eigenvalue weighted by Crippen LogP contribution is 2.31. The Kier molecular flexibility index (Phi) is 11.9. The molecule has 0 unspecified atom stereocenters. The first-order chi connectivity index (χ1) is 17.5. The number of alkyl carbamates (subject to hydrolysis) is 1. The Hall–Kier alpha value is -3.04. The van der Waals surface area contributed by atoms with Gasteiger partial charge in [-0.25, -0.2) is 19.2 Å². The molecule has 1 fully saturated rings. The van der Waals surface area contributed by atoms with Crippen LogP contribution in [0.1, 0.15) is 40.1 Å². The van der Waals surface area contributed by atoms with E-state index in [9.17, 15) is 24.0 Å². The van der Waals surface area contributed by atoms with E-state index < -0.39 is 46.7 Å². The predicted molar refractivity (Wildman–Crippen MR) is 129 cm³/mol. The first kappa shape index (κ1) is 30.2. The van der Waals surface area contributed by atoms with Gasteiger partial charge in [0.2, 0.25) is 6.79 Å². The maximum Gasteiger partial charge on any atom is 0.519 e. The summed E-state index contributed by atoms with van der Waals surface area (Å²) in [5.41, 5.74) is 0. The van der Waals surface area contributed by atoms with Crippen molar-refractivity contribution >= 4 is 35.1 Å². The van der Waals surface area contributed by atoms with Crippen LogP contribution in [0.25, 0.3) is 0 Å². The molecular formula is C22H34N2O12S. The molecule has 1 aliphatic heterocycles. The standard InChI is InChI=1S/C22H32N2O12S.H2/c1-14-16(36-20(28)35-14)12-32-21(29)37-22(3,4)17(23-19(27)34-13-33-15(2)25)18(26)31-9-5-6-24-7-10-30-11-8-24;/h17H,5-13H2,1-4H3,(H,23,27);1H/t17-;/m0./s1. The summed E-state index contributed by atoms with van der Waals surface area (Å²) in [6, 6.07) is -1.34. The van der Waals surface area contributed by atoms with Crippen LogP contribution in [0.4, 0.5) is 9.59 Å². The van der Waals surface area contributed by atoms with Gasteiger partial charge in [-0.1, -0.05) is 0 Å². The second kappa shape index (κ2) is 14.6. The zero-order chi connectivity index (χ0) is 27.4. The second-order valence-corrected chi connectivity index (χ2v) is 10.0. The number of carbonyl (C=O) groups excluding carboxylic acids is 4. The molecule has 14 nitrogen and oxygen atoms in total. The van der Waals surface area contributed by atoms with E-state index in [0.717, 1.165) is 20.0 Å². The topological polar surface area (TPSA) is 173 Å². The Balaban J connectivity index is 0.00000722. The number of amides is 1. The first-order valence-corrected chi connectivity index (χ1v) is 12.3.